The zero-order valence-electron chi connectivity index (χ0n) is 9.55. The number of anilines is 1. The van der Waals surface area contributed by atoms with Crippen molar-refractivity contribution in [2.24, 2.45) is 0 Å². The molecule has 19 heavy (non-hydrogen) atoms. The normalized spacial score (nSPS) is 11.3. The summed E-state index contributed by atoms with van der Waals surface area (Å²) in [6, 6.07) is 8.21. The molecule has 2 N–H and O–H groups in total. The van der Waals surface area contributed by atoms with E-state index in [9.17, 15) is 13.2 Å². The van der Waals surface area contributed by atoms with Gasteiger partial charge in [0.05, 0.1) is 0 Å². The van der Waals surface area contributed by atoms with Crippen LogP contribution in [0.5, 0.6) is 6.01 Å². The van der Waals surface area contributed by atoms with Crippen molar-refractivity contribution in [3.63, 3.8) is 0 Å². The maximum absolute atomic E-state index is 12.0. The number of benzene rings is 1. The molecular formula is C11H9F3N4O. The van der Waals surface area contributed by atoms with Crippen molar-refractivity contribution in [1.29, 1.82) is 0 Å². The Morgan fingerprint density at radius 3 is 2.37 bits per heavy atom. The van der Waals surface area contributed by atoms with Crippen LogP contribution in [0.15, 0.2) is 30.3 Å². The molecule has 1 aromatic carbocycles. The molecule has 2 aromatic rings. The van der Waals surface area contributed by atoms with Gasteiger partial charge in [-0.25, -0.2) is 0 Å². The summed E-state index contributed by atoms with van der Waals surface area (Å²) in [4.78, 5) is 11.1. The number of ether oxygens (including phenoxy) is 1. The fourth-order valence-electron chi connectivity index (χ4n) is 1.30. The Bertz CT molecular complexity index is 560. The third-order valence-electron chi connectivity index (χ3n) is 2.03. The highest BCUT2D eigenvalue weighted by Crippen LogP contribution is 2.19. The van der Waals surface area contributed by atoms with Crippen LogP contribution in [-0.4, -0.2) is 27.7 Å². The van der Waals surface area contributed by atoms with Crippen molar-refractivity contribution >= 4 is 5.95 Å². The summed E-state index contributed by atoms with van der Waals surface area (Å²) >= 11 is 0. The first kappa shape index (κ1) is 13.1. The van der Waals surface area contributed by atoms with Gasteiger partial charge in [0.2, 0.25) is 5.95 Å². The quantitative estimate of drug-likeness (QED) is 0.924. The zero-order valence-corrected chi connectivity index (χ0v) is 9.55. The minimum absolute atomic E-state index is 0.158. The number of hydrogen-bond donors (Lipinski definition) is 1. The maximum Gasteiger partial charge on any atom is 0.422 e. The number of halogens is 3. The summed E-state index contributed by atoms with van der Waals surface area (Å²) in [5, 5.41) is 0. The Morgan fingerprint density at radius 2 is 1.74 bits per heavy atom. The zero-order chi connectivity index (χ0) is 13.9. The lowest BCUT2D eigenvalue weighted by Gasteiger charge is -2.08. The third-order valence-corrected chi connectivity index (χ3v) is 2.03. The summed E-state index contributed by atoms with van der Waals surface area (Å²) in [5.41, 5.74) is 6.02. The van der Waals surface area contributed by atoms with Crippen LogP contribution in [0.1, 0.15) is 0 Å². The number of nitrogens with zero attached hydrogens (tertiary/aromatic N) is 3. The average Bonchev–Trinajstić information content (AvgIpc) is 2.36. The van der Waals surface area contributed by atoms with Gasteiger partial charge in [-0.05, 0) is 0 Å². The molecule has 0 radical (unpaired) electrons. The number of hydrogen-bond acceptors (Lipinski definition) is 5. The van der Waals surface area contributed by atoms with Crippen molar-refractivity contribution in [2.45, 2.75) is 6.18 Å². The summed E-state index contributed by atoms with van der Waals surface area (Å²) in [6.45, 7) is -1.48. The van der Waals surface area contributed by atoms with Crippen molar-refractivity contribution < 1.29 is 17.9 Å². The molecule has 0 fully saturated rings. The molecule has 0 saturated heterocycles. The highest BCUT2D eigenvalue weighted by Gasteiger charge is 2.29. The second-order valence-electron chi connectivity index (χ2n) is 3.57. The molecule has 0 aliphatic heterocycles. The van der Waals surface area contributed by atoms with Crippen molar-refractivity contribution in [1.82, 2.24) is 15.0 Å². The molecule has 0 atom stereocenters. The van der Waals surface area contributed by atoms with Gasteiger partial charge in [-0.1, -0.05) is 30.3 Å². The molecule has 100 valence electrons. The number of rotatable bonds is 3. The molecule has 0 amide bonds. The fourth-order valence-corrected chi connectivity index (χ4v) is 1.30. The largest absolute Gasteiger partial charge is 0.454 e. The minimum atomic E-state index is -4.46. The summed E-state index contributed by atoms with van der Waals surface area (Å²) in [7, 11) is 0. The number of nitrogen functional groups attached to an aromatic ring is 1. The van der Waals surface area contributed by atoms with Crippen LogP contribution < -0.4 is 10.5 Å². The Hall–Kier alpha value is -2.38. The Kier molecular flexibility index (Phi) is 3.50. The van der Waals surface area contributed by atoms with Crippen molar-refractivity contribution in [3.05, 3.63) is 30.3 Å². The van der Waals surface area contributed by atoms with Gasteiger partial charge < -0.3 is 10.5 Å². The molecule has 2 rings (SSSR count). The van der Waals surface area contributed by atoms with E-state index in [1.807, 2.05) is 0 Å². The van der Waals surface area contributed by atoms with Gasteiger partial charge in [0.1, 0.15) is 0 Å². The van der Waals surface area contributed by atoms with Gasteiger partial charge >= 0.3 is 12.2 Å². The van der Waals surface area contributed by atoms with E-state index in [0.29, 0.717) is 5.56 Å². The Labute approximate surface area is 106 Å². The minimum Gasteiger partial charge on any atom is -0.454 e. The van der Waals surface area contributed by atoms with E-state index >= 15 is 0 Å². The van der Waals surface area contributed by atoms with Crippen LogP contribution >= 0.6 is 0 Å². The van der Waals surface area contributed by atoms with Gasteiger partial charge in [0.15, 0.2) is 12.4 Å². The average molecular weight is 270 g/mol. The highest BCUT2D eigenvalue weighted by molar-refractivity contribution is 5.55. The molecule has 0 spiro atoms. The van der Waals surface area contributed by atoms with E-state index < -0.39 is 18.8 Å². The smallest absolute Gasteiger partial charge is 0.422 e. The second kappa shape index (κ2) is 5.09. The first-order chi connectivity index (χ1) is 8.94. The molecule has 8 heteroatoms. The van der Waals surface area contributed by atoms with Crippen LogP contribution in [-0.2, 0) is 0 Å². The third kappa shape index (κ3) is 3.80. The first-order valence-corrected chi connectivity index (χ1v) is 5.20. The molecule has 5 nitrogen and oxygen atoms in total. The first-order valence-electron chi connectivity index (χ1n) is 5.20. The molecule has 1 heterocycles. The molecular weight excluding hydrogens is 261 g/mol. The van der Waals surface area contributed by atoms with Gasteiger partial charge in [0.25, 0.3) is 0 Å². The van der Waals surface area contributed by atoms with Gasteiger partial charge in [-0.3, -0.25) is 0 Å². The lowest BCUT2D eigenvalue weighted by atomic mass is 10.2. The molecule has 0 bridgehead atoms. The van der Waals surface area contributed by atoms with E-state index in [1.54, 1.807) is 30.3 Å². The second-order valence-corrected chi connectivity index (χ2v) is 3.57. The lowest BCUT2D eigenvalue weighted by Crippen LogP contribution is -2.20. The summed E-state index contributed by atoms with van der Waals surface area (Å²) < 4.78 is 40.6. The number of alkyl halides is 3. The predicted octanol–water partition coefficient (Wildman–Crippen LogP) is 2.06. The fraction of sp³-hybridized carbons (Fsp3) is 0.182. The molecule has 0 aliphatic carbocycles. The van der Waals surface area contributed by atoms with E-state index in [0.717, 1.165) is 0 Å². The van der Waals surface area contributed by atoms with Crippen LogP contribution in [0.3, 0.4) is 0 Å². The standard InChI is InChI=1S/C11H9F3N4O/c12-11(13,14)6-19-10-17-8(16-9(15)18-10)7-4-2-1-3-5-7/h1-5H,6H2,(H2,15,16,17,18). The van der Waals surface area contributed by atoms with Crippen LogP contribution in [0, 0.1) is 0 Å². The predicted molar refractivity (Wildman–Crippen MR) is 61.2 cm³/mol. The van der Waals surface area contributed by atoms with E-state index in [1.165, 1.54) is 0 Å². The SMILES string of the molecule is Nc1nc(OCC(F)(F)F)nc(-c2ccccc2)n1. The summed E-state index contributed by atoms with van der Waals surface area (Å²) in [5.74, 6) is -0.0451. The number of nitrogens with two attached hydrogens (primary N) is 1. The molecule has 0 aliphatic rings. The topological polar surface area (TPSA) is 73.9 Å². The Balaban J connectivity index is 2.25. The highest BCUT2D eigenvalue weighted by atomic mass is 19.4. The van der Waals surface area contributed by atoms with E-state index in [4.69, 9.17) is 5.73 Å². The van der Waals surface area contributed by atoms with Crippen molar-refractivity contribution in [2.75, 3.05) is 12.3 Å². The Morgan fingerprint density at radius 1 is 1.05 bits per heavy atom. The summed E-state index contributed by atoms with van der Waals surface area (Å²) in [6.07, 6.45) is -4.46. The van der Waals surface area contributed by atoms with Crippen molar-refractivity contribution in [3.8, 4) is 17.4 Å². The van der Waals surface area contributed by atoms with E-state index in [2.05, 4.69) is 19.7 Å². The van der Waals surface area contributed by atoms with Gasteiger partial charge in [-0.15, -0.1) is 0 Å². The lowest BCUT2D eigenvalue weighted by molar-refractivity contribution is -0.154. The molecule has 0 saturated carbocycles. The molecule has 1 aromatic heterocycles. The van der Waals surface area contributed by atoms with Crippen LogP contribution in [0.25, 0.3) is 11.4 Å². The van der Waals surface area contributed by atoms with Gasteiger partial charge in [-0.2, -0.15) is 28.1 Å². The number of aromatic nitrogens is 3. The van der Waals surface area contributed by atoms with E-state index in [-0.39, 0.29) is 11.8 Å². The van der Waals surface area contributed by atoms with Crippen LogP contribution in [0.4, 0.5) is 19.1 Å². The monoisotopic (exact) mass is 270 g/mol. The van der Waals surface area contributed by atoms with Crippen LogP contribution in [0.2, 0.25) is 0 Å². The van der Waals surface area contributed by atoms with Gasteiger partial charge in [0, 0.05) is 5.56 Å². The maximum atomic E-state index is 12.0. The molecule has 0 unspecified atom stereocenters.